The Morgan fingerprint density at radius 1 is 1.00 bits per heavy atom. The number of carbonyl (C=O) groups excluding carboxylic acids is 3. The number of rotatable bonds is 17. The average molecular weight is 618 g/mol. The topological polar surface area (TPSA) is 156 Å². The minimum atomic E-state index is -0.927. The van der Waals surface area contributed by atoms with Crippen molar-refractivity contribution in [3.05, 3.63) is 59.2 Å². The van der Waals surface area contributed by atoms with Gasteiger partial charge >= 0.3 is 11.9 Å². The van der Waals surface area contributed by atoms with E-state index in [2.05, 4.69) is 10.2 Å². The summed E-state index contributed by atoms with van der Waals surface area (Å²) in [5, 5.41) is 20.0. The summed E-state index contributed by atoms with van der Waals surface area (Å²) in [6, 6.07) is 10.8. The van der Waals surface area contributed by atoms with Gasteiger partial charge in [0.15, 0.2) is 11.5 Å². The maximum Gasteiger partial charge on any atom is 0.329 e. The van der Waals surface area contributed by atoms with Gasteiger partial charge in [0.1, 0.15) is 12.1 Å². The highest BCUT2D eigenvalue weighted by atomic mass is 17.1. The molecule has 1 aliphatic heterocycles. The number of carbonyl (C=O) groups is 3. The van der Waals surface area contributed by atoms with E-state index >= 15 is 0 Å². The van der Waals surface area contributed by atoms with Crippen LogP contribution in [0.5, 0.6) is 11.5 Å². The number of hydrogen-bond donors (Lipinski definition) is 3. The first-order chi connectivity index (χ1) is 21.2. The summed E-state index contributed by atoms with van der Waals surface area (Å²) in [5.41, 5.74) is 2.67. The first-order valence-electron chi connectivity index (χ1n) is 14.7. The van der Waals surface area contributed by atoms with Crippen molar-refractivity contribution >= 4 is 17.8 Å². The van der Waals surface area contributed by atoms with E-state index < -0.39 is 30.1 Å². The Bertz CT molecular complexity index is 1230. The number of aryl methyl sites for hydroxylation is 1. The molecular formula is C31H43N3O10. The molecule has 242 valence electrons. The van der Waals surface area contributed by atoms with Crippen molar-refractivity contribution in [2.75, 3.05) is 34.0 Å². The molecule has 44 heavy (non-hydrogen) atoms. The lowest BCUT2D eigenvalue weighted by molar-refractivity contribution is -0.492. The third kappa shape index (κ3) is 9.89. The number of nitrogens with zero attached hydrogens (tertiary/aromatic N) is 2. The molecule has 0 fully saturated rings. The Kier molecular flexibility index (Phi) is 13.8. The second-order valence-corrected chi connectivity index (χ2v) is 10.3. The van der Waals surface area contributed by atoms with Gasteiger partial charge in [-0.2, -0.15) is 0 Å². The molecule has 2 aromatic carbocycles. The van der Waals surface area contributed by atoms with Gasteiger partial charge in [-0.3, -0.25) is 30.2 Å². The van der Waals surface area contributed by atoms with Crippen LogP contribution in [0.25, 0.3) is 0 Å². The highest BCUT2D eigenvalue weighted by Gasteiger charge is 2.39. The van der Waals surface area contributed by atoms with Gasteiger partial charge < -0.3 is 23.8 Å². The lowest BCUT2D eigenvalue weighted by Crippen LogP contribution is -2.56. The minimum Gasteiger partial charge on any atom is -0.493 e. The fraction of sp³-hybridized carbons (Fsp3) is 0.516. The number of esters is 2. The molecule has 0 spiro atoms. The third-order valence-corrected chi connectivity index (χ3v) is 7.34. The molecule has 3 N–H and O–H groups in total. The Hall–Kier alpha value is -3.75. The van der Waals surface area contributed by atoms with Gasteiger partial charge in [-0.1, -0.05) is 30.3 Å². The lowest BCUT2D eigenvalue weighted by Gasteiger charge is -2.37. The zero-order valence-electron chi connectivity index (χ0n) is 25.7. The fourth-order valence-electron chi connectivity index (χ4n) is 5.06. The molecule has 0 aromatic heterocycles. The maximum absolute atomic E-state index is 13.9. The SMILES string of the molecule is CCOC(=O)C(CCc1ccccc1)NC(C)C(=O)N1Cc2cc(OC)c(OC)cc2CC1C(=O)OCCCCON(O)O. The molecule has 3 unspecified atom stereocenters. The van der Waals surface area contributed by atoms with E-state index in [1.165, 1.54) is 19.1 Å². The third-order valence-electron chi connectivity index (χ3n) is 7.34. The Morgan fingerprint density at radius 3 is 2.30 bits per heavy atom. The molecule has 0 saturated carbocycles. The van der Waals surface area contributed by atoms with Gasteiger partial charge in [0.25, 0.3) is 0 Å². The highest BCUT2D eigenvalue weighted by molar-refractivity contribution is 5.89. The van der Waals surface area contributed by atoms with Gasteiger partial charge in [0.2, 0.25) is 5.91 Å². The number of unbranched alkanes of at least 4 members (excludes halogenated alkanes) is 1. The van der Waals surface area contributed by atoms with Crippen LogP contribution in [0.4, 0.5) is 0 Å². The normalized spacial score (nSPS) is 15.7. The van der Waals surface area contributed by atoms with Crippen LogP contribution < -0.4 is 14.8 Å². The second-order valence-electron chi connectivity index (χ2n) is 10.3. The van der Waals surface area contributed by atoms with E-state index in [1.54, 1.807) is 26.0 Å². The van der Waals surface area contributed by atoms with Crippen LogP contribution in [0.3, 0.4) is 0 Å². The number of benzene rings is 2. The first-order valence-corrected chi connectivity index (χ1v) is 14.7. The summed E-state index contributed by atoms with van der Waals surface area (Å²) in [5.74, 6) is -0.398. The average Bonchev–Trinajstić information content (AvgIpc) is 3.03. The van der Waals surface area contributed by atoms with Gasteiger partial charge in [-0.05, 0) is 68.4 Å². The summed E-state index contributed by atoms with van der Waals surface area (Å²) in [6.07, 6.45) is 2.01. The van der Waals surface area contributed by atoms with E-state index in [-0.39, 0.29) is 44.1 Å². The van der Waals surface area contributed by atoms with Gasteiger partial charge in [-0.15, -0.1) is 0 Å². The molecule has 0 saturated heterocycles. The predicted octanol–water partition coefficient (Wildman–Crippen LogP) is 2.84. The van der Waals surface area contributed by atoms with Gasteiger partial charge in [0.05, 0.1) is 45.5 Å². The molecule has 0 radical (unpaired) electrons. The lowest BCUT2D eigenvalue weighted by atomic mass is 9.92. The molecule has 1 heterocycles. The van der Waals surface area contributed by atoms with Crippen molar-refractivity contribution in [3.63, 3.8) is 0 Å². The molecule has 13 nitrogen and oxygen atoms in total. The van der Waals surface area contributed by atoms with E-state index in [0.29, 0.717) is 37.2 Å². The Morgan fingerprint density at radius 2 is 1.66 bits per heavy atom. The van der Waals surface area contributed by atoms with Crippen LogP contribution in [-0.4, -0.2) is 90.7 Å². The molecule has 13 heteroatoms. The maximum atomic E-state index is 13.9. The van der Waals surface area contributed by atoms with Crippen LogP contribution in [0.15, 0.2) is 42.5 Å². The molecule has 1 aliphatic rings. The monoisotopic (exact) mass is 617 g/mol. The largest absolute Gasteiger partial charge is 0.493 e. The van der Waals surface area contributed by atoms with Crippen LogP contribution in [0.2, 0.25) is 0 Å². The number of methoxy groups -OCH3 is 2. The van der Waals surface area contributed by atoms with Crippen molar-refractivity contribution < 1.29 is 48.6 Å². The van der Waals surface area contributed by atoms with E-state index in [0.717, 1.165) is 16.7 Å². The molecule has 3 rings (SSSR count). The molecule has 0 aliphatic carbocycles. The minimum absolute atomic E-state index is 0.0165. The van der Waals surface area contributed by atoms with Crippen LogP contribution in [0.1, 0.15) is 49.8 Å². The van der Waals surface area contributed by atoms with Gasteiger partial charge in [0, 0.05) is 13.0 Å². The number of ether oxygens (including phenoxy) is 4. The molecule has 0 bridgehead atoms. The van der Waals surface area contributed by atoms with Gasteiger partial charge in [-0.25, -0.2) is 4.79 Å². The fourth-order valence-corrected chi connectivity index (χ4v) is 5.06. The summed E-state index contributed by atoms with van der Waals surface area (Å²) >= 11 is 0. The van der Waals surface area contributed by atoms with E-state index in [4.69, 9.17) is 29.4 Å². The van der Waals surface area contributed by atoms with Crippen LogP contribution in [-0.2, 0) is 48.1 Å². The van der Waals surface area contributed by atoms with Crippen molar-refractivity contribution in [2.24, 2.45) is 0 Å². The smallest absolute Gasteiger partial charge is 0.329 e. The Labute approximate surface area is 257 Å². The van der Waals surface area contributed by atoms with E-state index in [1.807, 2.05) is 30.3 Å². The summed E-state index contributed by atoms with van der Waals surface area (Å²) in [6.45, 7) is 3.78. The predicted molar refractivity (Wildman–Crippen MR) is 157 cm³/mol. The highest BCUT2D eigenvalue weighted by Crippen LogP contribution is 2.35. The standard InChI is InChI=1S/C31H43N3O10/c1-5-42-30(36)25(14-13-22-11-7-6-8-12-22)32-21(2)29(35)33-20-24-19-28(41-4)27(40-3)18-23(24)17-26(33)31(37)43-15-9-10-16-44-34(38)39/h6-8,11-12,18-19,21,25-26,32,38-39H,5,9-10,13-17,20H2,1-4H3. The zero-order chi connectivity index (χ0) is 32.1. The molecule has 3 atom stereocenters. The second kappa shape index (κ2) is 17.5. The van der Waals surface area contributed by atoms with Crippen molar-refractivity contribution in [3.8, 4) is 11.5 Å². The van der Waals surface area contributed by atoms with Crippen LogP contribution >= 0.6 is 0 Å². The van der Waals surface area contributed by atoms with Crippen molar-refractivity contribution in [1.29, 1.82) is 0 Å². The number of nitrogens with one attached hydrogen (secondary N) is 1. The summed E-state index contributed by atoms with van der Waals surface area (Å²) in [4.78, 5) is 46.1. The number of amides is 1. The quantitative estimate of drug-likeness (QED) is 0.136. The summed E-state index contributed by atoms with van der Waals surface area (Å²) < 4.78 is 21.7. The number of hydrogen-bond acceptors (Lipinski definition) is 12. The van der Waals surface area contributed by atoms with Crippen molar-refractivity contribution in [2.45, 2.75) is 70.6 Å². The summed E-state index contributed by atoms with van der Waals surface area (Å²) in [7, 11) is 3.05. The zero-order valence-corrected chi connectivity index (χ0v) is 25.7. The molecule has 2 aromatic rings. The van der Waals surface area contributed by atoms with Crippen molar-refractivity contribution in [1.82, 2.24) is 15.6 Å². The molecule has 1 amide bonds. The number of fused-ring (bicyclic) bond motifs is 1. The Balaban J connectivity index is 1.78. The first kappa shape index (κ1) is 34.7. The van der Waals surface area contributed by atoms with Crippen LogP contribution in [0, 0.1) is 0 Å². The van der Waals surface area contributed by atoms with E-state index in [9.17, 15) is 14.4 Å². The molecular weight excluding hydrogens is 574 g/mol.